The summed E-state index contributed by atoms with van der Waals surface area (Å²) in [6.07, 6.45) is 4.12. The van der Waals surface area contributed by atoms with Crippen LogP contribution in [-0.4, -0.2) is 78.5 Å². The molecule has 7 rings (SSSR count). The van der Waals surface area contributed by atoms with E-state index in [-0.39, 0.29) is 54.6 Å². The second kappa shape index (κ2) is 12.3. The zero-order chi connectivity index (χ0) is 35.0. The van der Waals surface area contributed by atoms with Crippen molar-refractivity contribution < 1.29 is 4.42 Å². The maximum atomic E-state index is 6.65. The van der Waals surface area contributed by atoms with Gasteiger partial charge in [-0.05, 0) is 86.6 Å². The van der Waals surface area contributed by atoms with Crippen molar-refractivity contribution in [2.24, 2.45) is 0 Å². The summed E-state index contributed by atoms with van der Waals surface area (Å²) in [4.78, 5) is 0. The van der Waals surface area contributed by atoms with Gasteiger partial charge in [-0.3, -0.25) is 0 Å². The van der Waals surface area contributed by atoms with Gasteiger partial charge < -0.3 is 4.42 Å². The zero-order valence-corrected chi connectivity index (χ0v) is 27.1. The second-order valence-corrected chi connectivity index (χ2v) is 12.1. The molecule has 6 aromatic carbocycles. The fourth-order valence-electron chi connectivity index (χ4n) is 7.11. The maximum absolute atomic E-state index is 6.65. The lowest BCUT2D eigenvalue weighted by atomic mass is 9.59. The van der Waals surface area contributed by atoms with Gasteiger partial charge in [0.25, 0.3) is 0 Å². The maximum Gasteiger partial charge on any atom is 0.136 e. The summed E-state index contributed by atoms with van der Waals surface area (Å²) in [5.74, 6) is 0. The van der Waals surface area contributed by atoms with Crippen LogP contribution >= 0.6 is 0 Å². The van der Waals surface area contributed by atoms with Gasteiger partial charge in [0.2, 0.25) is 0 Å². The number of fused-ring (bicyclic) bond motifs is 4. The van der Waals surface area contributed by atoms with E-state index in [1.807, 2.05) is 68.5 Å². The predicted molar refractivity (Wildman–Crippen MR) is 221 cm³/mol. The third-order valence-electron chi connectivity index (χ3n) is 9.58. The zero-order valence-electron chi connectivity index (χ0n) is 27.1. The smallest absolute Gasteiger partial charge is 0.136 e. The molecule has 0 aliphatic heterocycles. The van der Waals surface area contributed by atoms with Crippen LogP contribution in [0.2, 0.25) is 0 Å². The van der Waals surface area contributed by atoms with Crippen molar-refractivity contribution in [1.82, 2.24) is 0 Å². The highest BCUT2D eigenvalue weighted by Gasteiger charge is 2.22. The highest BCUT2D eigenvalue weighted by Crippen LogP contribution is 2.39. The largest absolute Gasteiger partial charge is 0.456 e. The molecule has 0 amide bonds. The monoisotopic (exact) mass is 600 g/mol. The molecule has 1 aromatic heterocycles. The molecule has 0 fully saturated rings. The Hall–Kier alpha value is -4.23. The fraction of sp³-hybridized carbons (Fsp3) is 0.0526. The SMILES string of the molecule is [B]c1c([B])c([B])c(-c2ccc3c(c2)oc2cccc(-c4c(=C/C)/c(=C\C)c(-c5c([B])c([B])c([B])c([B])c5[B])c5ccccc45)c23)c([B])c1[B]. The summed E-state index contributed by atoms with van der Waals surface area (Å²) in [5, 5.41) is 5.59. The average Bonchev–Trinajstić information content (AvgIpc) is 3.49. The topological polar surface area (TPSA) is 13.1 Å². The molecule has 0 atom stereocenters. The summed E-state index contributed by atoms with van der Waals surface area (Å²) >= 11 is 0. The number of hydrogen-bond acceptors (Lipinski definition) is 1. The molecule has 0 aliphatic carbocycles. The molecule has 0 spiro atoms. The standard InChI is InChI=1S/C38H18B10O/c1-3-16-17(4-2)27(28-31(41)35(45)38(48)36(46)32(28)42)19-9-6-5-8-18(19)25(16)21-10-7-11-22-26(21)20-13-12-15(14-23(20)49-22)24-29(39)33(43)37(47)34(44)30(24)40/h3-14H,1-2H3/b16-3+,17-4+. The summed E-state index contributed by atoms with van der Waals surface area (Å²) < 4.78 is 6.49. The van der Waals surface area contributed by atoms with E-state index in [9.17, 15) is 0 Å². The van der Waals surface area contributed by atoms with E-state index in [0.717, 1.165) is 48.7 Å². The molecule has 0 saturated carbocycles. The molecule has 0 bridgehead atoms. The number of rotatable bonds is 3. The third-order valence-corrected chi connectivity index (χ3v) is 9.58. The predicted octanol–water partition coefficient (Wildman–Crippen LogP) is -2.72. The molecule has 1 nitrogen and oxygen atoms in total. The van der Waals surface area contributed by atoms with Crippen molar-refractivity contribution in [2.75, 3.05) is 0 Å². The van der Waals surface area contributed by atoms with Crippen LogP contribution in [0.4, 0.5) is 0 Å². The van der Waals surface area contributed by atoms with Gasteiger partial charge in [0.05, 0.1) is 0 Å². The fourth-order valence-corrected chi connectivity index (χ4v) is 7.11. The first-order valence-corrected chi connectivity index (χ1v) is 15.6. The molecule has 20 radical (unpaired) electrons. The lowest BCUT2D eigenvalue weighted by Gasteiger charge is -2.24. The van der Waals surface area contributed by atoms with Gasteiger partial charge in [-0.2, -0.15) is 0 Å². The lowest BCUT2D eigenvalue weighted by Crippen LogP contribution is -2.55. The number of benzene rings is 6. The summed E-state index contributed by atoms with van der Waals surface area (Å²) in [6, 6.07) is 19.9. The van der Waals surface area contributed by atoms with Gasteiger partial charge in [-0.15, -0.1) is 32.8 Å². The van der Waals surface area contributed by atoms with Crippen molar-refractivity contribution in [1.29, 1.82) is 0 Å². The normalized spacial score (nSPS) is 12.5. The Bertz CT molecular complexity index is 2630. The van der Waals surface area contributed by atoms with E-state index >= 15 is 0 Å². The summed E-state index contributed by atoms with van der Waals surface area (Å²) in [6.45, 7) is 3.98. The Morgan fingerprint density at radius 3 is 1.47 bits per heavy atom. The van der Waals surface area contributed by atoms with E-state index in [2.05, 4.69) is 18.2 Å². The number of furan rings is 1. The lowest BCUT2D eigenvalue weighted by molar-refractivity contribution is 0.669. The minimum absolute atomic E-state index is 0.160. The summed E-state index contributed by atoms with van der Waals surface area (Å²) in [7, 11) is 63.4. The Labute approximate surface area is 299 Å². The molecular weight excluding hydrogens is 581 g/mol. The van der Waals surface area contributed by atoms with Crippen LogP contribution in [0.3, 0.4) is 0 Å². The van der Waals surface area contributed by atoms with Crippen molar-refractivity contribution in [2.45, 2.75) is 13.8 Å². The van der Waals surface area contributed by atoms with Crippen LogP contribution < -0.4 is 65.1 Å². The van der Waals surface area contributed by atoms with Gasteiger partial charge in [-0.1, -0.05) is 76.5 Å². The first-order chi connectivity index (χ1) is 23.4. The highest BCUT2D eigenvalue weighted by molar-refractivity contribution is 6.70. The van der Waals surface area contributed by atoms with Crippen molar-refractivity contribution in [3.63, 3.8) is 0 Å². The van der Waals surface area contributed by atoms with Crippen LogP contribution in [0.1, 0.15) is 13.8 Å². The molecule has 0 saturated heterocycles. The summed E-state index contributed by atoms with van der Waals surface area (Å²) in [5.41, 5.74) is 8.01. The Balaban J connectivity index is 1.58. The molecule has 206 valence electrons. The van der Waals surface area contributed by atoms with E-state index in [1.54, 1.807) is 0 Å². The van der Waals surface area contributed by atoms with Crippen molar-refractivity contribution >= 4 is 178 Å². The molecule has 0 N–H and O–H groups in total. The van der Waals surface area contributed by atoms with Crippen LogP contribution in [0, 0.1) is 0 Å². The van der Waals surface area contributed by atoms with E-state index in [0.29, 0.717) is 27.9 Å². The van der Waals surface area contributed by atoms with Gasteiger partial charge >= 0.3 is 0 Å². The molecular formula is C38H18B10O. The quantitative estimate of drug-likeness (QED) is 0.202. The van der Waals surface area contributed by atoms with Crippen molar-refractivity contribution in [3.05, 3.63) is 71.1 Å². The average molecular weight is 599 g/mol. The van der Waals surface area contributed by atoms with Crippen molar-refractivity contribution in [3.8, 4) is 33.4 Å². The molecule has 49 heavy (non-hydrogen) atoms. The van der Waals surface area contributed by atoms with Crippen LogP contribution in [0.25, 0.3) is 78.2 Å². The number of hydrogen-bond donors (Lipinski definition) is 0. The van der Waals surface area contributed by atoms with Gasteiger partial charge in [0.15, 0.2) is 0 Å². The molecule has 11 heteroatoms. The highest BCUT2D eigenvalue weighted by atomic mass is 16.3. The minimum Gasteiger partial charge on any atom is -0.456 e. The molecule has 1 heterocycles. The van der Waals surface area contributed by atoms with E-state index in [4.69, 9.17) is 82.9 Å². The Morgan fingerprint density at radius 2 is 0.918 bits per heavy atom. The van der Waals surface area contributed by atoms with E-state index in [1.165, 1.54) is 0 Å². The molecule has 0 aliphatic rings. The van der Waals surface area contributed by atoms with Gasteiger partial charge in [0.1, 0.15) is 89.6 Å². The van der Waals surface area contributed by atoms with Gasteiger partial charge in [0, 0.05) is 10.8 Å². The van der Waals surface area contributed by atoms with Gasteiger partial charge in [-0.25, -0.2) is 0 Å². The first kappa shape index (κ1) is 33.3. The molecule has 0 unspecified atom stereocenters. The first-order valence-electron chi connectivity index (χ1n) is 15.6. The minimum atomic E-state index is 0.160. The second-order valence-electron chi connectivity index (χ2n) is 12.1. The van der Waals surface area contributed by atoms with Crippen LogP contribution in [0.15, 0.2) is 65.1 Å². The Morgan fingerprint density at radius 1 is 0.429 bits per heavy atom. The van der Waals surface area contributed by atoms with E-state index < -0.39 is 0 Å². The molecule has 7 aromatic rings. The van der Waals surface area contributed by atoms with Crippen LogP contribution in [-0.2, 0) is 0 Å². The Kier molecular flexibility index (Phi) is 8.33. The third kappa shape index (κ3) is 4.83. The van der Waals surface area contributed by atoms with Crippen LogP contribution in [0.5, 0.6) is 0 Å².